The van der Waals surface area contributed by atoms with E-state index in [9.17, 15) is 13.6 Å². The van der Waals surface area contributed by atoms with Crippen molar-refractivity contribution in [3.8, 4) is 0 Å². The Bertz CT molecular complexity index is 444. The van der Waals surface area contributed by atoms with E-state index in [0.29, 0.717) is 0 Å². The number of carbonyl (C=O) groups is 1. The molecule has 0 bridgehead atoms. The summed E-state index contributed by atoms with van der Waals surface area (Å²) in [6, 6.07) is 8.24. The summed E-state index contributed by atoms with van der Waals surface area (Å²) < 4.78 is 26.0. The minimum absolute atomic E-state index is 0.120. The van der Waals surface area contributed by atoms with Crippen LogP contribution < -0.4 is 0 Å². The van der Waals surface area contributed by atoms with Gasteiger partial charge in [-0.1, -0.05) is 30.3 Å². The van der Waals surface area contributed by atoms with Crippen LogP contribution in [0.5, 0.6) is 0 Å². The van der Waals surface area contributed by atoms with Crippen molar-refractivity contribution in [2.45, 2.75) is 31.9 Å². The topological polar surface area (TPSA) is 20.3 Å². The number of allylic oxidation sites excluding steroid dienone is 1. The van der Waals surface area contributed by atoms with Crippen molar-refractivity contribution in [2.24, 2.45) is 0 Å². The molecule has 0 aromatic heterocycles. The van der Waals surface area contributed by atoms with Crippen molar-refractivity contribution in [2.75, 3.05) is 0 Å². The van der Waals surface area contributed by atoms with Crippen molar-refractivity contribution in [1.29, 1.82) is 0 Å². The van der Waals surface area contributed by atoms with Crippen LogP contribution in [0.1, 0.15) is 24.9 Å². The number of ketones is 1. The third kappa shape index (κ3) is 2.58. The summed E-state index contributed by atoms with van der Waals surface area (Å²) in [7, 11) is 0. The van der Waals surface area contributed by atoms with E-state index < -0.39 is 12.5 Å². The van der Waals surface area contributed by atoms with Gasteiger partial charge in [0.05, 0.1) is 12.1 Å². The molecule has 18 heavy (non-hydrogen) atoms. The molecule has 2 rings (SSSR count). The second-order valence-electron chi connectivity index (χ2n) is 4.42. The lowest BCUT2D eigenvalue weighted by Crippen LogP contribution is -2.42. The van der Waals surface area contributed by atoms with Gasteiger partial charge in [0.1, 0.15) is 0 Å². The molecule has 2 unspecified atom stereocenters. The lowest BCUT2D eigenvalue weighted by Gasteiger charge is -2.37. The van der Waals surface area contributed by atoms with Crippen molar-refractivity contribution < 1.29 is 13.6 Å². The number of nitrogens with zero attached hydrogens (tertiary/aromatic N) is 1. The van der Waals surface area contributed by atoms with E-state index in [-0.39, 0.29) is 18.2 Å². The predicted molar refractivity (Wildman–Crippen MR) is 65.3 cm³/mol. The van der Waals surface area contributed by atoms with E-state index >= 15 is 0 Å². The largest absolute Gasteiger partial charge is 0.361 e. The van der Waals surface area contributed by atoms with Gasteiger partial charge in [0, 0.05) is 12.6 Å². The molecule has 0 N–H and O–H groups in total. The zero-order valence-corrected chi connectivity index (χ0v) is 10.1. The van der Waals surface area contributed by atoms with Crippen LogP contribution in [-0.2, 0) is 4.79 Å². The molecule has 1 aromatic carbocycles. The number of halogens is 2. The second-order valence-corrected chi connectivity index (χ2v) is 4.42. The molecule has 4 heteroatoms. The number of alkyl halides is 2. The van der Waals surface area contributed by atoms with Gasteiger partial charge in [-0.05, 0) is 18.6 Å². The maximum absolute atomic E-state index is 13.0. The quantitative estimate of drug-likeness (QED) is 0.822. The molecule has 1 aliphatic heterocycles. The van der Waals surface area contributed by atoms with E-state index in [1.54, 1.807) is 4.90 Å². The van der Waals surface area contributed by atoms with Gasteiger partial charge in [0.25, 0.3) is 6.43 Å². The van der Waals surface area contributed by atoms with Crippen molar-refractivity contribution in [3.05, 3.63) is 48.2 Å². The first-order valence-electron chi connectivity index (χ1n) is 5.91. The molecule has 0 fully saturated rings. The minimum Gasteiger partial charge on any atom is -0.361 e. The molecular weight excluding hydrogens is 236 g/mol. The van der Waals surface area contributed by atoms with Crippen LogP contribution in [0.4, 0.5) is 8.78 Å². The first kappa shape index (κ1) is 12.7. The normalized spacial score (nSPS) is 21.4. The molecule has 0 saturated heterocycles. The Balaban J connectivity index is 2.25. The smallest absolute Gasteiger partial charge is 0.259 e. The third-order valence-corrected chi connectivity index (χ3v) is 3.25. The molecule has 96 valence electrons. The number of rotatable bonds is 3. The minimum atomic E-state index is -2.52. The van der Waals surface area contributed by atoms with Crippen molar-refractivity contribution >= 4 is 5.78 Å². The first-order valence-corrected chi connectivity index (χ1v) is 5.91. The lowest BCUT2D eigenvalue weighted by atomic mass is 10.00. The highest BCUT2D eigenvalue weighted by Gasteiger charge is 2.33. The Morgan fingerprint density at radius 3 is 2.56 bits per heavy atom. The Hall–Kier alpha value is -1.71. The van der Waals surface area contributed by atoms with Crippen LogP contribution in [0.2, 0.25) is 0 Å². The molecule has 1 aromatic rings. The molecule has 2 nitrogen and oxygen atoms in total. The summed E-state index contributed by atoms with van der Waals surface area (Å²) in [6.07, 6.45) is 0.217. The lowest BCUT2D eigenvalue weighted by molar-refractivity contribution is -0.118. The van der Waals surface area contributed by atoms with Crippen LogP contribution in [0.3, 0.4) is 0 Å². The van der Waals surface area contributed by atoms with E-state index in [4.69, 9.17) is 0 Å². The number of carbonyl (C=O) groups excluding carboxylic acids is 1. The van der Waals surface area contributed by atoms with Crippen LogP contribution in [-0.4, -0.2) is 23.2 Å². The van der Waals surface area contributed by atoms with Crippen LogP contribution in [0.25, 0.3) is 0 Å². The van der Waals surface area contributed by atoms with Crippen LogP contribution >= 0.6 is 0 Å². The van der Waals surface area contributed by atoms with Crippen molar-refractivity contribution in [1.82, 2.24) is 4.90 Å². The highest BCUT2D eigenvalue weighted by Crippen LogP contribution is 2.29. The summed E-state index contributed by atoms with van der Waals surface area (Å²) in [5, 5.41) is 0. The molecule has 2 atom stereocenters. The maximum atomic E-state index is 13.0. The summed E-state index contributed by atoms with van der Waals surface area (Å²) in [5.74, 6) is -0.239. The van der Waals surface area contributed by atoms with Crippen LogP contribution in [0.15, 0.2) is 42.6 Å². The zero-order chi connectivity index (χ0) is 13.1. The van der Waals surface area contributed by atoms with Crippen molar-refractivity contribution in [3.63, 3.8) is 0 Å². The molecule has 0 amide bonds. The first-order chi connectivity index (χ1) is 8.59. The summed E-state index contributed by atoms with van der Waals surface area (Å²) in [6.45, 7) is 1.87. The third-order valence-electron chi connectivity index (χ3n) is 3.25. The second kappa shape index (κ2) is 5.29. The SMILES string of the molecule is CC(c1ccccc1)N1C=CC(=O)CC1C(F)F. The van der Waals surface area contributed by atoms with Gasteiger partial charge in [-0.3, -0.25) is 4.79 Å². The van der Waals surface area contributed by atoms with Gasteiger partial charge >= 0.3 is 0 Å². The number of hydrogen-bond acceptors (Lipinski definition) is 2. The van der Waals surface area contributed by atoms with Gasteiger partial charge in [0.2, 0.25) is 0 Å². The average Bonchev–Trinajstić information content (AvgIpc) is 2.39. The monoisotopic (exact) mass is 251 g/mol. The standard InChI is InChI=1S/C14H15F2NO/c1-10(11-5-3-2-4-6-11)17-8-7-12(18)9-13(17)14(15)16/h2-8,10,13-14H,9H2,1H3. The molecule has 0 spiro atoms. The van der Waals surface area contributed by atoms with Gasteiger partial charge in [0.15, 0.2) is 5.78 Å². The van der Waals surface area contributed by atoms with E-state index in [1.807, 2.05) is 37.3 Å². The Labute approximate surface area is 105 Å². The van der Waals surface area contributed by atoms with E-state index in [1.165, 1.54) is 12.3 Å². The molecule has 1 aliphatic rings. The summed E-state index contributed by atoms with van der Waals surface area (Å²) in [5.41, 5.74) is 0.960. The molecule has 0 aliphatic carbocycles. The summed E-state index contributed by atoms with van der Waals surface area (Å²) >= 11 is 0. The average molecular weight is 251 g/mol. The Kier molecular flexibility index (Phi) is 3.75. The predicted octanol–water partition coefficient (Wildman–Crippen LogP) is 3.17. The highest BCUT2D eigenvalue weighted by molar-refractivity contribution is 5.90. The Morgan fingerprint density at radius 1 is 1.28 bits per heavy atom. The Morgan fingerprint density at radius 2 is 1.94 bits per heavy atom. The van der Waals surface area contributed by atoms with E-state index in [0.717, 1.165) is 5.56 Å². The van der Waals surface area contributed by atoms with Gasteiger partial charge in [-0.25, -0.2) is 8.78 Å². The molecule has 0 saturated carbocycles. The van der Waals surface area contributed by atoms with Gasteiger partial charge in [-0.2, -0.15) is 0 Å². The van der Waals surface area contributed by atoms with E-state index in [2.05, 4.69) is 0 Å². The fraction of sp³-hybridized carbons (Fsp3) is 0.357. The number of benzene rings is 1. The molecular formula is C14H15F2NO. The number of hydrogen-bond donors (Lipinski definition) is 0. The summed E-state index contributed by atoms with van der Waals surface area (Å²) in [4.78, 5) is 12.8. The van der Waals surface area contributed by atoms with Crippen LogP contribution in [0, 0.1) is 0 Å². The molecule has 1 heterocycles. The fourth-order valence-corrected chi connectivity index (χ4v) is 2.20. The fourth-order valence-electron chi connectivity index (χ4n) is 2.20. The van der Waals surface area contributed by atoms with Gasteiger partial charge in [-0.15, -0.1) is 0 Å². The maximum Gasteiger partial charge on any atom is 0.259 e. The molecule has 0 radical (unpaired) electrons. The van der Waals surface area contributed by atoms with Gasteiger partial charge < -0.3 is 4.90 Å². The highest BCUT2D eigenvalue weighted by atomic mass is 19.3. The zero-order valence-electron chi connectivity index (χ0n) is 10.1.